The van der Waals surface area contributed by atoms with Gasteiger partial charge in [-0.05, 0) is 62.9 Å². The number of hydrogen-bond acceptors (Lipinski definition) is 2. The van der Waals surface area contributed by atoms with Crippen LogP contribution in [-0.4, -0.2) is 30.4 Å². The van der Waals surface area contributed by atoms with Crippen molar-refractivity contribution in [1.29, 1.82) is 0 Å². The van der Waals surface area contributed by atoms with Crippen LogP contribution in [-0.2, 0) is 10.2 Å². The van der Waals surface area contributed by atoms with E-state index in [9.17, 15) is 4.79 Å². The summed E-state index contributed by atoms with van der Waals surface area (Å²) in [5.41, 5.74) is 3.07. The standard InChI is InChI=1S/C20H28N2O.H2/c1-3-4-7-12-22-13-10-20(11-14-22)15-19(21-16(2)23)17-8-5-6-9-18(17)20;/h3,5-6,8-9,19H,1,4,7,10-15H2,2H3,(H,21,23);1H/t19-;/m0./s1. The summed E-state index contributed by atoms with van der Waals surface area (Å²) in [5, 5.41) is 3.16. The van der Waals surface area contributed by atoms with Gasteiger partial charge in [0.25, 0.3) is 0 Å². The van der Waals surface area contributed by atoms with Gasteiger partial charge >= 0.3 is 0 Å². The molecule has 1 spiro atoms. The third-order valence-corrected chi connectivity index (χ3v) is 5.58. The predicted octanol–water partition coefficient (Wildman–Crippen LogP) is 3.81. The highest BCUT2D eigenvalue weighted by Crippen LogP contribution is 2.50. The molecule has 23 heavy (non-hydrogen) atoms. The molecule has 126 valence electrons. The fourth-order valence-electron chi connectivity index (χ4n) is 4.41. The van der Waals surface area contributed by atoms with Crippen LogP contribution < -0.4 is 5.32 Å². The molecule has 1 amide bonds. The number of carbonyl (C=O) groups excluding carboxylic acids is 1. The minimum atomic E-state index is 0. The first-order valence-electron chi connectivity index (χ1n) is 8.84. The fourth-order valence-corrected chi connectivity index (χ4v) is 4.41. The summed E-state index contributed by atoms with van der Waals surface area (Å²) < 4.78 is 0. The van der Waals surface area contributed by atoms with Gasteiger partial charge in [-0.15, -0.1) is 6.58 Å². The molecule has 0 bridgehead atoms. The Balaban J connectivity index is 0.00000208. The molecule has 2 aliphatic rings. The van der Waals surface area contributed by atoms with Crippen LogP contribution in [0.25, 0.3) is 0 Å². The van der Waals surface area contributed by atoms with Gasteiger partial charge in [0.2, 0.25) is 5.91 Å². The van der Waals surface area contributed by atoms with E-state index in [1.807, 2.05) is 6.08 Å². The summed E-state index contributed by atoms with van der Waals surface area (Å²) in [4.78, 5) is 14.1. The van der Waals surface area contributed by atoms with E-state index in [1.165, 1.54) is 36.9 Å². The first-order chi connectivity index (χ1) is 11.1. The Labute approximate surface area is 141 Å². The van der Waals surface area contributed by atoms with Gasteiger partial charge in [0.05, 0.1) is 6.04 Å². The maximum absolute atomic E-state index is 11.6. The Morgan fingerprint density at radius 1 is 1.43 bits per heavy atom. The Morgan fingerprint density at radius 3 is 2.87 bits per heavy atom. The quantitative estimate of drug-likeness (QED) is 0.662. The van der Waals surface area contributed by atoms with Gasteiger partial charge in [-0.3, -0.25) is 4.79 Å². The number of nitrogens with zero attached hydrogens (tertiary/aromatic N) is 1. The zero-order valence-electron chi connectivity index (χ0n) is 14.2. The average molecular weight is 314 g/mol. The molecule has 1 aliphatic heterocycles. The van der Waals surface area contributed by atoms with Crippen LogP contribution in [0.2, 0.25) is 0 Å². The van der Waals surface area contributed by atoms with Crippen LogP contribution in [0.5, 0.6) is 0 Å². The van der Waals surface area contributed by atoms with Crippen LogP contribution in [0.15, 0.2) is 36.9 Å². The number of benzene rings is 1. The lowest BCUT2D eigenvalue weighted by Gasteiger charge is -2.40. The van der Waals surface area contributed by atoms with Gasteiger partial charge in [0.15, 0.2) is 0 Å². The van der Waals surface area contributed by atoms with E-state index >= 15 is 0 Å². The molecular weight excluding hydrogens is 284 g/mol. The number of amides is 1. The number of rotatable bonds is 5. The van der Waals surface area contributed by atoms with Gasteiger partial charge in [0, 0.05) is 13.8 Å². The molecule has 1 N–H and O–H groups in total. The van der Waals surface area contributed by atoms with E-state index in [-0.39, 0.29) is 18.8 Å². The second kappa shape index (κ2) is 6.88. The van der Waals surface area contributed by atoms with Crippen molar-refractivity contribution in [2.24, 2.45) is 0 Å². The van der Waals surface area contributed by atoms with Crippen molar-refractivity contribution in [2.45, 2.75) is 50.5 Å². The summed E-state index contributed by atoms with van der Waals surface area (Å²) in [6.07, 6.45) is 7.79. The Morgan fingerprint density at radius 2 is 2.17 bits per heavy atom. The lowest BCUT2D eigenvalue weighted by Crippen LogP contribution is -2.42. The summed E-state index contributed by atoms with van der Waals surface area (Å²) in [6, 6.07) is 8.91. The zero-order valence-corrected chi connectivity index (χ0v) is 14.2. The molecule has 0 aromatic heterocycles. The van der Waals surface area contributed by atoms with Crippen LogP contribution in [0.1, 0.15) is 57.6 Å². The molecular formula is C20H30N2O. The molecule has 1 aromatic rings. The van der Waals surface area contributed by atoms with Gasteiger partial charge < -0.3 is 10.2 Å². The second-order valence-corrected chi connectivity index (χ2v) is 7.10. The molecule has 1 heterocycles. The number of allylic oxidation sites excluding steroid dienone is 1. The summed E-state index contributed by atoms with van der Waals surface area (Å²) in [7, 11) is 0. The highest BCUT2D eigenvalue weighted by molar-refractivity contribution is 5.73. The molecule has 3 nitrogen and oxygen atoms in total. The molecule has 3 rings (SSSR count). The highest BCUT2D eigenvalue weighted by Gasteiger charge is 2.45. The lowest BCUT2D eigenvalue weighted by molar-refractivity contribution is -0.119. The molecule has 0 saturated carbocycles. The lowest BCUT2D eigenvalue weighted by atomic mass is 9.73. The Kier molecular flexibility index (Phi) is 4.86. The first-order valence-corrected chi connectivity index (χ1v) is 8.84. The molecule has 1 fully saturated rings. The zero-order chi connectivity index (χ0) is 16.3. The summed E-state index contributed by atoms with van der Waals surface area (Å²) in [5.74, 6) is 0.0729. The normalized spacial score (nSPS) is 22.7. The largest absolute Gasteiger partial charge is 0.349 e. The molecule has 1 saturated heterocycles. The van der Waals surface area contributed by atoms with E-state index in [2.05, 4.69) is 41.1 Å². The fraction of sp³-hybridized carbons (Fsp3) is 0.550. The van der Waals surface area contributed by atoms with Gasteiger partial charge in [-0.2, -0.15) is 0 Å². The molecule has 1 atom stereocenters. The predicted molar refractivity (Wildman–Crippen MR) is 96.5 cm³/mol. The van der Waals surface area contributed by atoms with Gasteiger partial charge in [0.1, 0.15) is 0 Å². The van der Waals surface area contributed by atoms with Crippen molar-refractivity contribution in [3.63, 3.8) is 0 Å². The maximum atomic E-state index is 11.6. The van der Waals surface area contributed by atoms with Gasteiger partial charge in [-0.25, -0.2) is 0 Å². The number of carbonyl (C=O) groups is 1. The molecule has 0 unspecified atom stereocenters. The van der Waals surface area contributed by atoms with E-state index in [4.69, 9.17) is 0 Å². The van der Waals surface area contributed by atoms with Crippen molar-refractivity contribution in [2.75, 3.05) is 19.6 Å². The number of nitrogens with one attached hydrogen (secondary N) is 1. The molecule has 3 heteroatoms. The topological polar surface area (TPSA) is 32.3 Å². The minimum absolute atomic E-state index is 0. The average Bonchev–Trinajstić information content (AvgIpc) is 2.83. The van der Waals surface area contributed by atoms with Gasteiger partial charge in [-0.1, -0.05) is 30.3 Å². The van der Waals surface area contributed by atoms with Crippen LogP contribution in [0, 0.1) is 0 Å². The number of hydrogen-bond donors (Lipinski definition) is 1. The summed E-state index contributed by atoms with van der Waals surface area (Å²) in [6.45, 7) is 8.94. The minimum Gasteiger partial charge on any atom is -0.349 e. The van der Waals surface area contributed by atoms with E-state index in [0.29, 0.717) is 0 Å². The monoisotopic (exact) mass is 314 g/mol. The van der Waals surface area contributed by atoms with Crippen molar-refractivity contribution in [1.82, 2.24) is 10.2 Å². The third kappa shape index (κ3) is 3.35. The van der Waals surface area contributed by atoms with Crippen LogP contribution in [0.4, 0.5) is 0 Å². The van der Waals surface area contributed by atoms with Crippen molar-refractivity contribution in [3.05, 3.63) is 48.0 Å². The number of likely N-dealkylation sites (tertiary alicyclic amines) is 1. The first kappa shape index (κ1) is 16.3. The number of unbranched alkanes of at least 4 members (excludes halogenated alkanes) is 1. The van der Waals surface area contributed by atoms with Crippen molar-refractivity contribution in [3.8, 4) is 0 Å². The SMILES string of the molecule is C=CCCCN1CCC2(CC1)C[C@H](NC(C)=O)c1ccccc12.[HH]. The van der Waals surface area contributed by atoms with Crippen LogP contribution in [0.3, 0.4) is 0 Å². The second-order valence-electron chi connectivity index (χ2n) is 7.10. The van der Waals surface area contributed by atoms with Crippen LogP contribution >= 0.6 is 0 Å². The molecule has 1 aromatic carbocycles. The van der Waals surface area contributed by atoms with Crippen molar-refractivity contribution >= 4 is 5.91 Å². The Bertz CT molecular complexity index is 579. The number of piperidine rings is 1. The Hall–Kier alpha value is -1.61. The van der Waals surface area contributed by atoms with E-state index in [1.54, 1.807) is 6.92 Å². The molecule has 1 aliphatic carbocycles. The smallest absolute Gasteiger partial charge is 0.217 e. The van der Waals surface area contributed by atoms with Crippen molar-refractivity contribution < 1.29 is 6.22 Å². The highest BCUT2D eigenvalue weighted by atomic mass is 16.1. The molecule has 0 radical (unpaired) electrons. The van der Waals surface area contributed by atoms with E-state index in [0.717, 1.165) is 25.9 Å². The summed E-state index contributed by atoms with van der Waals surface area (Å²) >= 11 is 0. The number of fused-ring (bicyclic) bond motifs is 2. The third-order valence-electron chi connectivity index (χ3n) is 5.58. The van der Waals surface area contributed by atoms with E-state index < -0.39 is 0 Å². The maximum Gasteiger partial charge on any atom is 0.217 e.